The molecule has 378 valence electrons. The summed E-state index contributed by atoms with van der Waals surface area (Å²) in [7, 11) is 1.38. The molecule has 0 bridgehead atoms. The third-order valence-electron chi connectivity index (χ3n) is 11.0. The van der Waals surface area contributed by atoms with Gasteiger partial charge in [-0.25, -0.2) is 4.57 Å². The van der Waals surface area contributed by atoms with E-state index in [9.17, 15) is 23.8 Å². The van der Waals surface area contributed by atoms with Crippen molar-refractivity contribution in [1.82, 2.24) is 5.32 Å². The Morgan fingerprint density at radius 2 is 0.922 bits per heavy atom. The summed E-state index contributed by atoms with van der Waals surface area (Å²) in [4.78, 5) is 48.2. The Labute approximate surface area is 395 Å². The van der Waals surface area contributed by atoms with E-state index in [4.69, 9.17) is 31.1 Å². The molecule has 0 aliphatic rings. The smallest absolute Gasteiger partial charge is 0.462 e. The van der Waals surface area contributed by atoms with Crippen LogP contribution in [0.1, 0.15) is 261 Å². The molecule has 2 N–H and O–H groups in total. The standard InChI is InChI=1S/C49H95BNO10P.C2H6/c1-7-9-11-13-15-17-19-21-23-25-27-29-31-33-35-37-45(52)57-41-44(42-60-62(55,56)59-40-39-51-47(54)49(6,50)58-43-48(3,4)5)61-46(53)38-36-34-32-30-28-26-24-22-20-18-16-14-12-10-8-2;1-2/h44H,7-43H2,1-6H3,(H,51,54)(H,55,56);1-2H3/t44-,49?;/m1./s1. The first-order valence-electron chi connectivity index (χ1n) is 26.3. The number of hydrogen-bond acceptors (Lipinski definition) is 9. The van der Waals surface area contributed by atoms with Gasteiger partial charge in [0.1, 0.15) is 20.0 Å². The van der Waals surface area contributed by atoms with Gasteiger partial charge in [-0.1, -0.05) is 228 Å². The van der Waals surface area contributed by atoms with Crippen molar-refractivity contribution in [1.29, 1.82) is 0 Å². The molecule has 3 atom stereocenters. The van der Waals surface area contributed by atoms with E-state index in [0.29, 0.717) is 12.8 Å². The number of rotatable bonds is 45. The summed E-state index contributed by atoms with van der Waals surface area (Å²) >= 11 is 0. The molecular weight excluding hydrogens is 828 g/mol. The molecule has 13 heteroatoms. The van der Waals surface area contributed by atoms with Crippen molar-refractivity contribution in [3.8, 4) is 0 Å². The lowest BCUT2D eigenvalue weighted by Gasteiger charge is -2.29. The van der Waals surface area contributed by atoms with Crippen LogP contribution < -0.4 is 5.32 Å². The number of unbranched alkanes of at least 4 members (excludes halogenated alkanes) is 28. The van der Waals surface area contributed by atoms with Crippen molar-refractivity contribution in [2.24, 2.45) is 5.41 Å². The van der Waals surface area contributed by atoms with Gasteiger partial charge in [-0.05, 0) is 25.2 Å². The minimum Gasteiger partial charge on any atom is -0.462 e. The van der Waals surface area contributed by atoms with Crippen LogP contribution in [0.3, 0.4) is 0 Å². The molecule has 0 saturated heterocycles. The lowest BCUT2D eigenvalue weighted by molar-refractivity contribution is -0.161. The lowest BCUT2D eigenvalue weighted by atomic mass is 9.82. The highest BCUT2D eigenvalue weighted by atomic mass is 31.2. The highest BCUT2D eigenvalue weighted by Crippen LogP contribution is 2.43. The summed E-state index contributed by atoms with van der Waals surface area (Å²) in [6, 6.07) is 0. The molecule has 2 radical (unpaired) electrons. The fraction of sp³-hybridized carbons (Fsp3) is 0.941. The quantitative estimate of drug-likeness (QED) is 0.0262. The predicted octanol–water partition coefficient (Wildman–Crippen LogP) is 14.2. The Morgan fingerprint density at radius 1 is 0.562 bits per heavy atom. The number of carbonyl (C=O) groups is 3. The van der Waals surface area contributed by atoms with Crippen molar-refractivity contribution < 1.29 is 47.1 Å². The van der Waals surface area contributed by atoms with E-state index in [1.807, 2.05) is 34.6 Å². The Kier molecular flexibility index (Phi) is 44.5. The zero-order valence-corrected chi connectivity index (χ0v) is 43.8. The third-order valence-corrected chi connectivity index (χ3v) is 12.0. The number of phosphoric ester groups is 1. The van der Waals surface area contributed by atoms with Gasteiger partial charge in [0.25, 0.3) is 0 Å². The van der Waals surface area contributed by atoms with Gasteiger partial charge in [-0.3, -0.25) is 23.4 Å². The lowest BCUT2D eigenvalue weighted by Crippen LogP contribution is -2.49. The van der Waals surface area contributed by atoms with Crippen LogP contribution in [0.4, 0.5) is 0 Å². The van der Waals surface area contributed by atoms with E-state index in [1.165, 1.54) is 148 Å². The van der Waals surface area contributed by atoms with Gasteiger partial charge in [-0.15, -0.1) is 0 Å². The van der Waals surface area contributed by atoms with Crippen LogP contribution in [0.25, 0.3) is 0 Å². The van der Waals surface area contributed by atoms with Gasteiger partial charge >= 0.3 is 19.8 Å². The van der Waals surface area contributed by atoms with E-state index in [-0.39, 0.29) is 44.6 Å². The third kappa shape index (κ3) is 45.7. The van der Waals surface area contributed by atoms with E-state index >= 15 is 0 Å². The molecule has 11 nitrogen and oxygen atoms in total. The molecule has 0 rings (SSSR count). The number of ether oxygens (including phenoxy) is 3. The van der Waals surface area contributed by atoms with E-state index in [1.54, 1.807) is 0 Å². The normalized spacial score (nSPS) is 13.9. The molecular formula is C51H101BNO10P. The number of esters is 2. The fourth-order valence-electron chi connectivity index (χ4n) is 7.05. The molecule has 2 unspecified atom stereocenters. The molecule has 0 aromatic rings. The maximum atomic E-state index is 12.8. The fourth-order valence-corrected chi connectivity index (χ4v) is 7.80. The van der Waals surface area contributed by atoms with Gasteiger partial charge in [-0.2, -0.15) is 0 Å². The second-order valence-electron chi connectivity index (χ2n) is 19.0. The number of amides is 1. The number of carbonyl (C=O) groups excluding carboxylic acids is 3. The number of hydrogen-bond donors (Lipinski definition) is 2. The van der Waals surface area contributed by atoms with Crippen molar-refractivity contribution in [3.05, 3.63) is 0 Å². The van der Waals surface area contributed by atoms with E-state index < -0.39 is 43.9 Å². The topological polar surface area (TPSA) is 147 Å². The first-order valence-corrected chi connectivity index (χ1v) is 27.8. The molecule has 0 aromatic heterocycles. The van der Waals surface area contributed by atoms with Crippen LogP contribution in [0.2, 0.25) is 0 Å². The van der Waals surface area contributed by atoms with Gasteiger partial charge in [0.05, 0.1) is 19.8 Å². The zero-order valence-electron chi connectivity index (χ0n) is 42.9. The largest absolute Gasteiger partial charge is 0.472 e. The minimum atomic E-state index is -4.62. The molecule has 0 fully saturated rings. The van der Waals surface area contributed by atoms with Gasteiger partial charge < -0.3 is 24.4 Å². The van der Waals surface area contributed by atoms with Crippen LogP contribution in [-0.4, -0.2) is 75.2 Å². The Morgan fingerprint density at radius 3 is 1.30 bits per heavy atom. The SMILES string of the molecule is CC.[B]C(C)(OCC(C)(C)C)C(=O)NCCOP(=O)(O)OC[C@@H](COC(=O)CCCCCCCCCCCCCCCCC)OC(=O)CCCCCCCCCCCCCCCCC. The molecule has 1 amide bonds. The van der Waals surface area contributed by atoms with Crippen LogP contribution in [0, 0.1) is 5.41 Å². The van der Waals surface area contributed by atoms with Crippen molar-refractivity contribution in [2.75, 3.05) is 33.0 Å². The first kappa shape index (κ1) is 64.6. The molecule has 0 spiro atoms. The highest BCUT2D eigenvalue weighted by molar-refractivity contribution is 7.47. The predicted molar refractivity (Wildman–Crippen MR) is 266 cm³/mol. The maximum absolute atomic E-state index is 12.8. The zero-order chi connectivity index (χ0) is 48.2. The second-order valence-corrected chi connectivity index (χ2v) is 20.5. The van der Waals surface area contributed by atoms with Crippen molar-refractivity contribution in [3.63, 3.8) is 0 Å². The summed E-state index contributed by atoms with van der Waals surface area (Å²) in [5.74, 6) is -1.51. The van der Waals surface area contributed by atoms with E-state index in [2.05, 4.69) is 19.2 Å². The molecule has 0 saturated carbocycles. The average molecular weight is 930 g/mol. The van der Waals surface area contributed by atoms with E-state index in [0.717, 1.165) is 38.5 Å². The molecule has 64 heavy (non-hydrogen) atoms. The van der Waals surface area contributed by atoms with Gasteiger partial charge in [0.15, 0.2) is 6.10 Å². The number of nitrogens with one attached hydrogen (secondary N) is 1. The molecule has 0 aromatic carbocycles. The van der Waals surface area contributed by atoms with Crippen LogP contribution in [-0.2, 0) is 42.2 Å². The maximum Gasteiger partial charge on any atom is 0.472 e. The van der Waals surface area contributed by atoms with Crippen LogP contribution >= 0.6 is 7.82 Å². The average Bonchev–Trinajstić information content (AvgIpc) is 3.25. The highest BCUT2D eigenvalue weighted by Gasteiger charge is 2.30. The van der Waals surface area contributed by atoms with Crippen molar-refractivity contribution in [2.45, 2.75) is 272 Å². The minimum absolute atomic E-state index is 0.132. The molecule has 0 aliphatic carbocycles. The van der Waals surface area contributed by atoms with Gasteiger partial charge in [0.2, 0.25) is 5.91 Å². The van der Waals surface area contributed by atoms with Crippen molar-refractivity contribution >= 4 is 33.5 Å². The second kappa shape index (κ2) is 44.1. The monoisotopic (exact) mass is 930 g/mol. The summed E-state index contributed by atoms with van der Waals surface area (Å²) in [6.07, 6.45) is 36.1. The first-order chi connectivity index (χ1) is 30.6. The Hall–Kier alpha value is -1.46. The summed E-state index contributed by atoms with van der Waals surface area (Å²) < 4.78 is 39.4. The molecule has 0 aliphatic heterocycles. The molecule has 0 heterocycles. The Bertz CT molecular complexity index is 1140. The van der Waals surface area contributed by atoms with Crippen LogP contribution in [0.15, 0.2) is 0 Å². The van der Waals surface area contributed by atoms with Gasteiger partial charge in [0, 0.05) is 19.4 Å². The summed E-state index contributed by atoms with van der Waals surface area (Å²) in [5.41, 5.74) is -1.80. The van der Waals surface area contributed by atoms with Crippen LogP contribution in [0.5, 0.6) is 0 Å². The summed E-state index contributed by atoms with van der Waals surface area (Å²) in [6.45, 7) is 14.7. The number of phosphoric acid groups is 1. The summed E-state index contributed by atoms with van der Waals surface area (Å²) in [5, 5.41) is 2.53. The Balaban J connectivity index is 0.